The van der Waals surface area contributed by atoms with Crippen LogP contribution < -0.4 is 4.74 Å². The van der Waals surface area contributed by atoms with Crippen LogP contribution in [-0.2, 0) is 4.79 Å². The Morgan fingerprint density at radius 2 is 2.70 bits per heavy atom. The minimum absolute atomic E-state index is 0.352. The second-order valence-corrected chi connectivity index (χ2v) is 2.28. The van der Waals surface area contributed by atoms with Crippen molar-refractivity contribution in [3.05, 3.63) is 24.2 Å². The summed E-state index contributed by atoms with van der Waals surface area (Å²) in [6.45, 7) is 3.24. The predicted octanol–water partition coefficient (Wildman–Crippen LogP) is 1.23. The van der Waals surface area contributed by atoms with Crippen molar-refractivity contribution in [1.82, 2.24) is 4.98 Å². The van der Waals surface area contributed by atoms with E-state index in [4.69, 9.17) is 0 Å². The van der Waals surface area contributed by atoms with Gasteiger partial charge in [0.2, 0.25) is 0 Å². The van der Waals surface area contributed by atoms with Gasteiger partial charge in [0.05, 0.1) is 0 Å². The fraction of sp³-hybridized carbons (Fsp3) is 0. The highest BCUT2D eigenvalue weighted by Crippen LogP contribution is 2.13. The van der Waals surface area contributed by atoms with Gasteiger partial charge in [0.15, 0.2) is 0 Å². The lowest BCUT2D eigenvalue weighted by Gasteiger charge is -1.91. The normalized spacial score (nSPS) is 8.80. The molecule has 0 spiro atoms. The maximum Gasteiger partial charge on any atom is 0.337 e. The molecule has 0 amide bonds. The molecule has 52 valence electrons. The van der Waals surface area contributed by atoms with Crippen LogP contribution in [0.15, 0.2) is 24.2 Å². The minimum atomic E-state index is -0.477. The Labute approximate surface area is 62.0 Å². The zero-order chi connectivity index (χ0) is 7.40. The van der Waals surface area contributed by atoms with Crippen LogP contribution in [0.2, 0.25) is 0 Å². The number of hydrogen-bond acceptors (Lipinski definition) is 4. The second kappa shape index (κ2) is 3.12. The SMILES string of the molecule is C=CC(=O)Oc1nccs1. The molecular formula is C6H5NO2S. The van der Waals surface area contributed by atoms with E-state index in [0.29, 0.717) is 5.19 Å². The Morgan fingerprint density at radius 3 is 3.20 bits per heavy atom. The van der Waals surface area contributed by atoms with Gasteiger partial charge in [-0.05, 0) is 0 Å². The first-order chi connectivity index (χ1) is 4.83. The number of ether oxygens (including phenoxy) is 1. The monoisotopic (exact) mass is 155 g/mol. The lowest BCUT2D eigenvalue weighted by molar-refractivity contribution is -0.128. The largest absolute Gasteiger partial charge is 0.395 e. The van der Waals surface area contributed by atoms with Crippen molar-refractivity contribution in [2.24, 2.45) is 0 Å². The predicted molar refractivity (Wildman–Crippen MR) is 37.9 cm³/mol. The molecule has 0 aliphatic heterocycles. The van der Waals surface area contributed by atoms with Gasteiger partial charge in [-0.15, -0.1) is 0 Å². The molecule has 0 aromatic carbocycles. The third-order valence-corrected chi connectivity index (χ3v) is 1.41. The zero-order valence-electron chi connectivity index (χ0n) is 5.11. The van der Waals surface area contributed by atoms with E-state index in [1.54, 1.807) is 11.6 Å². The highest BCUT2D eigenvalue weighted by atomic mass is 32.1. The maximum absolute atomic E-state index is 10.5. The van der Waals surface area contributed by atoms with Crippen molar-refractivity contribution in [1.29, 1.82) is 0 Å². The lowest BCUT2D eigenvalue weighted by Crippen LogP contribution is -2.02. The Balaban J connectivity index is 2.56. The number of rotatable bonds is 2. The van der Waals surface area contributed by atoms with Gasteiger partial charge in [0, 0.05) is 17.7 Å². The molecule has 3 nitrogen and oxygen atoms in total. The first-order valence-electron chi connectivity index (χ1n) is 2.56. The van der Waals surface area contributed by atoms with Gasteiger partial charge in [-0.1, -0.05) is 17.9 Å². The fourth-order valence-electron chi connectivity index (χ4n) is 0.388. The van der Waals surface area contributed by atoms with Gasteiger partial charge in [0.1, 0.15) is 0 Å². The molecular weight excluding hydrogens is 150 g/mol. The highest BCUT2D eigenvalue weighted by molar-refractivity contribution is 7.11. The molecule has 4 heteroatoms. The van der Waals surface area contributed by atoms with Crippen LogP contribution in [0.4, 0.5) is 0 Å². The molecule has 0 saturated heterocycles. The molecule has 0 bridgehead atoms. The second-order valence-electron chi connectivity index (χ2n) is 1.42. The van der Waals surface area contributed by atoms with E-state index in [2.05, 4.69) is 16.3 Å². The van der Waals surface area contributed by atoms with E-state index in [0.717, 1.165) is 6.08 Å². The van der Waals surface area contributed by atoms with E-state index in [1.165, 1.54) is 11.3 Å². The average molecular weight is 155 g/mol. The van der Waals surface area contributed by atoms with E-state index < -0.39 is 5.97 Å². The summed E-state index contributed by atoms with van der Waals surface area (Å²) in [5.74, 6) is -0.477. The third kappa shape index (κ3) is 1.66. The smallest absolute Gasteiger partial charge is 0.337 e. The summed E-state index contributed by atoms with van der Waals surface area (Å²) >= 11 is 1.26. The summed E-state index contributed by atoms with van der Waals surface area (Å²) in [6, 6.07) is 0. The van der Waals surface area contributed by atoms with Gasteiger partial charge in [-0.3, -0.25) is 0 Å². The summed E-state index contributed by atoms with van der Waals surface area (Å²) in [6.07, 6.45) is 2.66. The Kier molecular flexibility index (Phi) is 2.17. The van der Waals surface area contributed by atoms with Crippen LogP contribution in [0.1, 0.15) is 0 Å². The minimum Gasteiger partial charge on any atom is -0.395 e. The topological polar surface area (TPSA) is 39.2 Å². The molecule has 0 fully saturated rings. The molecule has 1 rings (SSSR count). The number of nitrogens with zero attached hydrogens (tertiary/aromatic N) is 1. The molecule has 0 saturated carbocycles. The molecule has 0 N–H and O–H groups in total. The summed E-state index contributed by atoms with van der Waals surface area (Å²) in [5, 5.41) is 2.08. The summed E-state index contributed by atoms with van der Waals surface area (Å²) in [7, 11) is 0. The highest BCUT2D eigenvalue weighted by Gasteiger charge is 1.99. The quantitative estimate of drug-likeness (QED) is 0.476. The number of hydrogen-bond donors (Lipinski definition) is 0. The Hall–Kier alpha value is -1.16. The van der Waals surface area contributed by atoms with Crippen molar-refractivity contribution in [3.63, 3.8) is 0 Å². The molecule has 10 heavy (non-hydrogen) atoms. The molecule has 0 aliphatic rings. The number of carbonyl (C=O) groups is 1. The number of thiazole rings is 1. The first kappa shape index (κ1) is 6.95. The third-order valence-electron chi connectivity index (χ3n) is 0.764. The van der Waals surface area contributed by atoms with Gasteiger partial charge < -0.3 is 4.74 Å². The van der Waals surface area contributed by atoms with Crippen molar-refractivity contribution < 1.29 is 9.53 Å². The molecule has 0 unspecified atom stereocenters. The summed E-state index contributed by atoms with van der Waals surface area (Å²) in [5.41, 5.74) is 0. The van der Waals surface area contributed by atoms with E-state index in [-0.39, 0.29) is 0 Å². The number of aromatic nitrogens is 1. The molecule has 0 aliphatic carbocycles. The fourth-order valence-corrected chi connectivity index (χ4v) is 0.879. The van der Waals surface area contributed by atoms with E-state index in [1.807, 2.05) is 0 Å². The zero-order valence-corrected chi connectivity index (χ0v) is 5.93. The standard InChI is InChI=1S/C6H5NO2S/c1-2-5(8)9-6-7-3-4-10-6/h2-4H,1H2. The Bertz CT molecular complexity index is 230. The Morgan fingerprint density at radius 1 is 1.90 bits per heavy atom. The summed E-state index contributed by atoms with van der Waals surface area (Å²) < 4.78 is 4.65. The van der Waals surface area contributed by atoms with Crippen LogP contribution in [0.5, 0.6) is 5.19 Å². The maximum atomic E-state index is 10.5. The van der Waals surface area contributed by atoms with Gasteiger partial charge in [-0.2, -0.15) is 0 Å². The molecule has 1 aromatic rings. The van der Waals surface area contributed by atoms with Crippen LogP contribution in [0.3, 0.4) is 0 Å². The average Bonchev–Trinajstić information content (AvgIpc) is 2.40. The van der Waals surface area contributed by atoms with Gasteiger partial charge in [-0.25, -0.2) is 9.78 Å². The van der Waals surface area contributed by atoms with Crippen molar-refractivity contribution in [2.45, 2.75) is 0 Å². The summed E-state index contributed by atoms with van der Waals surface area (Å²) in [4.78, 5) is 14.2. The molecule has 0 atom stereocenters. The molecule has 1 aromatic heterocycles. The van der Waals surface area contributed by atoms with Crippen LogP contribution in [0.25, 0.3) is 0 Å². The molecule has 0 radical (unpaired) electrons. The number of esters is 1. The van der Waals surface area contributed by atoms with E-state index >= 15 is 0 Å². The van der Waals surface area contributed by atoms with E-state index in [9.17, 15) is 4.79 Å². The van der Waals surface area contributed by atoms with Crippen LogP contribution in [0, 0.1) is 0 Å². The van der Waals surface area contributed by atoms with Crippen molar-refractivity contribution >= 4 is 17.3 Å². The van der Waals surface area contributed by atoms with Gasteiger partial charge >= 0.3 is 5.97 Å². The van der Waals surface area contributed by atoms with Gasteiger partial charge in [0.25, 0.3) is 5.19 Å². The first-order valence-corrected chi connectivity index (χ1v) is 3.44. The number of carbonyl (C=O) groups excluding carboxylic acids is 1. The van der Waals surface area contributed by atoms with Crippen molar-refractivity contribution in [3.8, 4) is 5.19 Å². The molecule has 1 heterocycles. The van der Waals surface area contributed by atoms with Crippen LogP contribution in [-0.4, -0.2) is 11.0 Å². The lowest BCUT2D eigenvalue weighted by atomic mass is 10.7. The van der Waals surface area contributed by atoms with Crippen LogP contribution >= 0.6 is 11.3 Å². The van der Waals surface area contributed by atoms with Crippen molar-refractivity contribution in [2.75, 3.05) is 0 Å².